The summed E-state index contributed by atoms with van der Waals surface area (Å²) >= 11 is 0. The molecule has 1 aromatic heterocycles. The highest BCUT2D eigenvalue weighted by molar-refractivity contribution is 5.95. The van der Waals surface area contributed by atoms with Gasteiger partial charge in [-0.05, 0) is 42.0 Å². The Bertz CT molecular complexity index is 1520. The minimum absolute atomic E-state index is 0.0257. The first-order valence-corrected chi connectivity index (χ1v) is 12.6. The number of hydrogen-bond donors (Lipinski definition) is 6. The third-order valence-corrected chi connectivity index (χ3v) is 5.73. The van der Waals surface area contributed by atoms with Crippen LogP contribution in [0.1, 0.15) is 51.0 Å². The van der Waals surface area contributed by atoms with Crippen molar-refractivity contribution in [2.75, 3.05) is 0 Å². The summed E-state index contributed by atoms with van der Waals surface area (Å²) in [7, 11) is 0. The lowest BCUT2D eigenvalue weighted by molar-refractivity contribution is -0.193. The van der Waals surface area contributed by atoms with Crippen molar-refractivity contribution in [2.45, 2.75) is 44.3 Å². The Labute approximate surface area is 251 Å². The van der Waals surface area contributed by atoms with Crippen molar-refractivity contribution < 1.29 is 55.7 Å². The van der Waals surface area contributed by atoms with Gasteiger partial charge in [-0.25, -0.2) is 14.4 Å². The van der Waals surface area contributed by atoms with Crippen molar-refractivity contribution in [1.82, 2.24) is 4.57 Å². The zero-order chi connectivity index (χ0) is 34.1. The second kappa shape index (κ2) is 14.9. The van der Waals surface area contributed by atoms with Crippen LogP contribution in [0.3, 0.4) is 0 Å². The summed E-state index contributed by atoms with van der Waals surface area (Å²) in [5.41, 5.74) is 15.9. The molecule has 11 nitrogen and oxygen atoms in total. The quantitative estimate of drug-likeness (QED) is 0.0902. The summed E-state index contributed by atoms with van der Waals surface area (Å²) in [5.74, 6) is -5.76. The number of nitrogens with one attached hydrogen (secondary N) is 2. The van der Waals surface area contributed by atoms with E-state index in [-0.39, 0.29) is 23.7 Å². The number of halogens is 6. The number of rotatable bonds is 8. The van der Waals surface area contributed by atoms with Gasteiger partial charge >= 0.3 is 30.3 Å². The predicted octanol–water partition coefficient (Wildman–Crippen LogP) is 4.28. The van der Waals surface area contributed by atoms with Crippen LogP contribution in [0.25, 0.3) is 0 Å². The van der Waals surface area contributed by atoms with E-state index >= 15 is 0 Å². The molecule has 45 heavy (non-hydrogen) atoms. The van der Waals surface area contributed by atoms with Gasteiger partial charge in [-0.3, -0.25) is 10.8 Å². The van der Waals surface area contributed by atoms with E-state index in [4.69, 9.17) is 46.8 Å². The normalized spacial score (nSPS) is 12.5. The topological polar surface area (TPSA) is 206 Å². The maximum absolute atomic E-state index is 12.7. The number of hydrogen-bond acceptors (Lipinski definition) is 6. The van der Waals surface area contributed by atoms with E-state index < -0.39 is 24.3 Å². The second-order valence-corrected chi connectivity index (χ2v) is 9.48. The molecule has 1 aliphatic carbocycles. The van der Waals surface area contributed by atoms with Crippen LogP contribution >= 0.6 is 0 Å². The van der Waals surface area contributed by atoms with E-state index in [1.165, 1.54) is 0 Å². The van der Waals surface area contributed by atoms with Crippen molar-refractivity contribution in [3.63, 3.8) is 0 Å². The molecule has 0 aliphatic heterocycles. The van der Waals surface area contributed by atoms with Crippen LogP contribution in [0.5, 0.6) is 0 Å². The van der Waals surface area contributed by atoms with Gasteiger partial charge in [-0.2, -0.15) is 26.3 Å². The Kier molecular flexibility index (Phi) is 11.9. The third-order valence-electron chi connectivity index (χ3n) is 5.73. The van der Waals surface area contributed by atoms with E-state index in [0.717, 1.165) is 29.5 Å². The summed E-state index contributed by atoms with van der Waals surface area (Å²) in [6, 6.07) is 15.0. The average Bonchev–Trinajstić information content (AvgIpc) is 3.66. The summed E-state index contributed by atoms with van der Waals surface area (Å²) < 4.78 is 71.0. The first-order chi connectivity index (χ1) is 20.8. The van der Waals surface area contributed by atoms with E-state index in [2.05, 4.69) is 0 Å². The van der Waals surface area contributed by atoms with E-state index in [1.54, 1.807) is 6.07 Å². The Morgan fingerprint density at radius 3 is 1.78 bits per heavy atom. The number of aliphatic carboxylic acids is 2. The first kappa shape index (κ1) is 35.8. The standard InChI is InChI=1S/C24H25N5O2.2C2HF3O2/c25-22(26)17-6-4-15(5-7-17)10-19-13-29(14-21(19)24(30)31-20-8-9-20)12-16-2-1-3-18(11-16)23(27)28;2*3-2(4,5)1(6)7/h1-7,11,13-14,20H,8-10,12H2,(H3,25,26)(H3,27,28);2*(H,6,7). The number of nitrogen functional groups attached to an aromatic ring is 2. The number of carboxylic acids is 2. The van der Waals surface area contributed by atoms with Crippen molar-refractivity contribution >= 4 is 29.6 Å². The number of carbonyl (C=O) groups excluding carboxylic acids is 1. The Morgan fingerprint density at radius 1 is 0.822 bits per heavy atom. The number of benzene rings is 2. The minimum atomic E-state index is -5.08. The number of carboxylic acid groups (broad SMARTS) is 2. The fourth-order valence-corrected chi connectivity index (χ4v) is 3.44. The van der Waals surface area contributed by atoms with E-state index in [0.29, 0.717) is 29.7 Å². The summed E-state index contributed by atoms with van der Waals surface area (Å²) in [6.45, 7) is 0.550. The van der Waals surface area contributed by atoms with Crippen molar-refractivity contribution in [2.24, 2.45) is 11.5 Å². The summed E-state index contributed by atoms with van der Waals surface area (Å²) in [6.07, 6.45) is -3.94. The van der Waals surface area contributed by atoms with Crippen molar-refractivity contribution in [3.05, 3.63) is 94.3 Å². The maximum Gasteiger partial charge on any atom is 0.490 e. The lowest BCUT2D eigenvalue weighted by Gasteiger charge is -2.06. The fourth-order valence-electron chi connectivity index (χ4n) is 3.44. The molecule has 0 radical (unpaired) electrons. The van der Waals surface area contributed by atoms with Crippen LogP contribution in [0.15, 0.2) is 60.9 Å². The molecular weight excluding hydrogens is 616 g/mol. The monoisotopic (exact) mass is 643 g/mol. The fraction of sp³-hybridized carbons (Fsp3) is 0.250. The Morgan fingerprint density at radius 2 is 1.33 bits per heavy atom. The number of nitrogens with two attached hydrogens (primary N) is 2. The zero-order valence-electron chi connectivity index (χ0n) is 23.1. The van der Waals surface area contributed by atoms with Crippen LogP contribution in [0, 0.1) is 10.8 Å². The molecule has 0 unspecified atom stereocenters. The van der Waals surface area contributed by atoms with Gasteiger partial charge in [0.1, 0.15) is 17.8 Å². The van der Waals surface area contributed by atoms with Gasteiger partial charge in [-0.15, -0.1) is 0 Å². The third kappa shape index (κ3) is 12.0. The number of aromatic nitrogens is 1. The minimum Gasteiger partial charge on any atom is -0.475 e. The molecule has 17 heteroatoms. The number of alkyl halides is 6. The molecule has 8 N–H and O–H groups in total. The molecule has 2 aromatic carbocycles. The molecule has 0 bridgehead atoms. The predicted molar refractivity (Wildman–Crippen MR) is 147 cm³/mol. The molecule has 1 saturated carbocycles. The molecule has 1 fully saturated rings. The highest BCUT2D eigenvalue weighted by Crippen LogP contribution is 2.27. The Balaban J connectivity index is 0.000000421. The van der Waals surface area contributed by atoms with Gasteiger partial charge in [0.15, 0.2) is 0 Å². The SMILES string of the molecule is N=C(N)c1ccc(Cc2cn(Cc3cccc(C(=N)N)c3)cc2C(=O)OC2CC2)cc1.O=C(O)C(F)(F)F.O=C(O)C(F)(F)F. The summed E-state index contributed by atoms with van der Waals surface area (Å²) in [4.78, 5) is 30.5. The molecule has 0 atom stereocenters. The number of amidine groups is 2. The van der Waals surface area contributed by atoms with E-state index in [1.807, 2.05) is 59.4 Å². The van der Waals surface area contributed by atoms with Crippen LogP contribution in [-0.4, -0.2) is 62.8 Å². The number of ether oxygens (including phenoxy) is 1. The maximum atomic E-state index is 12.7. The molecule has 0 saturated heterocycles. The van der Waals surface area contributed by atoms with Crippen LogP contribution in [-0.2, 0) is 27.3 Å². The van der Waals surface area contributed by atoms with Gasteiger partial charge in [-0.1, -0.05) is 42.5 Å². The first-order valence-electron chi connectivity index (χ1n) is 12.6. The Hall–Kier alpha value is -5.35. The summed E-state index contributed by atoms with van der Waals surface area (Å²) in [5, 5.41) is 29.4. The molecule has 0 spiro atoms. The van der Waals surface area contributed by atoms with Crippen molar-refractivity contribution in [3.8, 4) is 0 Å². The molecule has 4 rings (SSSR count). The number of nitrogens with zero attached hydrogens (tertiary/aromatic N) is 1. The highest BCUT2D eigenvalue weighted by atomic mass is 19.4. The molecule has 0 amide bonds. The van der Waals surface area contributed by atoms with Crippen LogP contribution < -0.4 is 11.5 Å². The largest absolute Gasteiger partial charge is 0.490 e. The van der Waals surface area contributed by atoms with Gasteiger partial charge in [0.2, 0.25) is 0 Å². The lowest BCUT2D eigenvalue weighted by atomic mass is 10.0. The molecular formula is C28H27F6N5O6. The molecule has 1 heterocycles. The molecule has 1 aliphatic rings. The molecule has 242 valence electrons. The van der Waals surface area contributed by atoms with E-state index in [9.17, 15) is 31.1 Å². The second-order valence-electron chi connectivity index (χ2n) is 9.48. The van der Waals surface area contributed by atoms with Crippen molar-refractivity contribution in [1.29, 1.82) is 10.8 Å². The lowest BCUT2D eigenvalue weighted by Crippen LogP contribution is -2.21. The van der Waals surface area contributed by atoms with Gasteiger partial charge < -0.3 is 31.0 Å². The van der Waals surface area contributed by atoms with Crippen LogP contribution in [0.4, 0.5) is 26.3 Å². The number of carbonyl (C=O) groups is 3. The van der Waals surface area contributed by atoms with Gasteiger partial charge in [0.05, 0.1) is 5.56 Å². The van der Waals surface area contributed by atoms with Crippen LogP contribution in [0.2, 0.25) is 0 Å². The van der Waals surface area contributed by atoms with Gasteiger partial charge in [0, 0.05) is 30.1 Å². The highest BCUT2D eigenvalue weighted by Gasteiger charge is 2.39. The number of esters is 1. The zero-order valence-corrected chi connectivity index (χ0v) is 23.1. The smallest absolute Gasteiger partial charge is 0.475 e. The van der Waals surface area contributed by atoms with Gasteiger partial charge in [0.25, 0.3) is 0 Å². The molecule has 3 aromatic rings. The average molecular weight is 644 g/mol.